The number of benzene rings is 2. The zero-order valence-corrected chi connectivity index (χ0v) is 19.9. The van der Waals surface area contributed by atoms with Crippen LogP contribution < -0.4 is 5.32 Å². The highest BCUT2D eigenvalue weighted by Gasteiger charge is 2.35. The van der Waals surface area contributed by atoms with Crippen LogP contribution in [0.15, 0.2) is 48.5 Å². The minimum Gasteiger partial charge on any atom is -0.481 e. The number of carboxylic acids is 1. The van der Waals surface area contributed by atoms with Gasteiger partial charge in [0.25, 0.3) is 0 Å². The molecule has 0 aromatic heterocycles. The van der Waals surface area contributed by atoms with E-state index in [2.05, 4.69) is 29.6 Å². The van der Waals surface area contributed by atoms with Gasteiger partial charge in [-0.15, -0.1) is 0 Å². The van der Waals surface area contributed by atoms with Gasteiger partial charge in [0.2, 0.25) is 5.91 Å². The number of carbonyl (C=O) groups excluding carboxylic acids is 2. The van der Waals surface area contributed by atoms with Crippen molar-refractivity contribution in [3.63, 3.8) is 0 Å². The summed E-state index contributed by atoms with van der Waals surface area (Å²) in [6, 6.07) is 16.3. The number of piperidine rings is 1. The third-order valence-corrected chi connectivity index (χ3v) is 6.95. The number of carboxylic acid groups (broad SMARTS) is 1. The van der Waals surface area contributed by atoms with Gasteiger partial charge in [-0.2, -0.15) is 0 Å². The third-order valence-electron chi connectivity index (χ3n) is 6.95. The highest BCUT2D eigenvalue weighted by atomic mass is 16.5. The number of hydrogen-bond acceptors (Lipinski definition) is 4. The number of nitrogens with one attached hydrogen (secondary N) is 1. The van der Waals surface area contributed by atoms with Crippen LogP contribution in [0.1, 0.15) is 50.7 Å². The summed E-state index contributed by atoms with van der Waals surface area (Å²) >= 11 is 0. The summed E-state index contributed by atoms with van der Waals surface area (Å²) in [6.07, 6.45) is 0.00189. The van der Waals surface area contributed by atoms with E-state index >= 15 is 0 Å². The number of fused-ring (bicyclic) bond motifs is 3. The van der Waals surface area contributed by atoms with Gasteiger partial charge in [-0.25, -0.2) is 4.79 Å². The topological polar surface area (TPSA) is 95.9 Å². The highest BCUT2D eigenvalue weighted by Crippen LogP contribution is 2.44. The van der Waals surface area contributed by atoms with E-state index in [0.717, 1.165) is 11.1 Å². The van der Waals surface area contributed by atoms with Crippen molar-refractivity contribution in [2.45, 2.75) is 45.1 Å². The number of likely N-dealkylation sites (tertiary alicyclic amines) is 1. The van der Waals surface area contributed by atoms with E-state index < -0.39 is 23.5 Å². The van der Waals surface area contributed by atoms with Gasteiger partial charge in [-0.1, -0.05) is 55.5 Å². The quantitative estimate of drug-likeness (QED) is 0.666. The van der Waals surface area contributed by atoms with E-state index in [1.807, 2.05) is 31.2 Å². The normalized spacial score (nSPS) is 19.8. The summed E-state index contributed by atoms with van der Waals surface area (Å²) in [7, 11) is 0. The van der Waals surface area contributed by atoms with Crippen LogP contribution in [0.2, 0.25) is 0 Å². The predicted molar refractivity (Wildman–Crippen MR) is 128 cm³/mol. The molecular weight excluding hydrogens is 432 g/mol. The number of carbonyl (C=O) groups is 3. The van der Waals surface area contributed by atoms with Crippen LogP contribution in [0.3, 0.4) is 0 Å². The van der Waals surface area contributed by atoms with Crippen LogP contribution in [0.5, 0.6) is 0 Å². The Labute approximate surface area is 200 Å². The zero-order chi connectivity index (χ0) is 24.5. The third kappa shape index (κ3) is 4.93. The van der Waals surface area contributed by atoms with Crippen LogP contribution >= 0.6 is 0 Å². The van der Waals surface area contributed by atoms with Gasteiger partial charge < -0.3 is 20.1 Å². The van der Waals surface area contributed by atoms with Gasteiger partial charge in [0.15, 0.2) is 0 Å². The highest BCUT2D eigenvalue weighted by molar-refractivity contribution is 5.80. The molecule has 2 aromatic carbocycles. The maximum Gasteiger partial charge on any atom is 0.407 e. The summed E-state index contributed by atoms with van der Waals surface area (Å²) in [5.74, 6) is -1.46. The molecule has 1 aliphatic heterocycles. The van der Waals surface area contributed by atoms with Gasteiger partial charge in [0, 0.05) is 31.0 Å². The molecule has 7 nitrogen and oxygen atoms in total. The van der Waals surface area contributed by atoms with E-state index in [4.69, 9.17) is 4.74 Å². The number of aliphatic carboxylic acids is 1. The molecule has 1 saturated heterocycles. The molecule has 180 valence electrons. The van der Waals surface area contributed by atoms with E-state index in [9.17, 15) is 19.5 Å². The first-order chi connectivity index (χ1) is 16.2. The van der Waals surface area contributed by atoms with Crippen LogP contribution in [0.4, 0.5) is 4.79 Å². The van der Waals surface area contributed by atoms with Crippen molar-refractivity contribution >= 4 is 18.0 Å². The molecule has 0 radical (unpaired) electrons. The van der Waals surface area contributed by atoms with Gasteiger partial charge in [0.05, 0.1) is 5.92 Å². The largest absolute Gasteiger partial charge is 0.481 e. The predicted octanol–water partition coefficient (Wildman–Crippen LogP) is 4.26. The average Bonchev–Trinajstić information content (AvgIpc) is 3.10. The van der Waals surface area contributed by atoms with Crippen LogP contribution in [-0.4, -0.2) is 53.2 Å². The number of nitrogens with zero attached hydrogens (tertiary/aromatic N) is 1. The minimum absolute atomic E-state index is 0.0279. The Hall–Kier alpha value is -3.35. The van der Waals surface area contributed by atoms with Crippen molar-refractivity contribution in [3.8, 4) is 11.1 Å². The molecule has 1 fully saturated rings. The molecule has 2 atom stereocenters. The first kappa shape index (κ1) is 23.8. The van der Waals surface area contributed by atoms with E-state index in [-0.39, 0.29) is 30.8 Å². The number of ether oxygens (including phenoxy) is 1. The first-order valence-corrected chi connectivity index (χ1v) is 11.8. The van der Waals surface area contributed by atoms with E-state index in [0.29, 0.717) is 19.5 Å². The molecule has 0 spiro atoms. The van der Waals surface area contributed by atoms with Gasteiger partial charge in [-0.3, -0.25) is 9.59 Å². The second kappa shape index (κ2) is 9.49. The minimum atomic E-state index is -0.808. The Bertz CT molecular complexity index is 1050. The number of hydrogen-bond donors (Lipinski definition) is 2. The molecule has 2 aromatic rings. The lowest BCUT2D eigenvalue weighted by atomic mass is 9.86. The lowest BCUT2D eigenvalue weighted by Crippen LogP contribution is -2.50. The molecule has 0 bridgehead atoms. The fourth-order valence-corrected chi connectivity index (χ4v) is 5.18. The fraction of sp³-hybridized carbons (Fsp3) is 0.444. The van der Waals surface area contributed by atoms with Crippen molar-refractivity contribution in [1.29, 1.82) is 0 Å². The van der Waals surface area contributed by atoms with Crippen LogP contribution in [0.25, 0.3) is 11.1 Å². The van der Waals surface area contributed by atoms with Crippen molar-refractivity contribution < 1.29 is 24.2 Å². The van der Waals surface area contributed by atoms with Crippen LogP contribution in [0, 0.1) is 11.8 Å². The van der Waals surface area contributed by atoms with Gasteiger partial charge >= 0.3 is 12.1 Å². The van der Waals surface area contributed by atoms with E-state index in [1.54, 1.807) is 18.7 Å². The maximum atomic E-state index is 12.8. The summed E-state index contributed by atoms with van der Waals surface area (Å²) in [4.78, 5) is 38.5. The Morgan fingerprint density at radius 3 is 2.21 bits per heavy atom. The molecule has 2 N–H and O–H groups in total. The van der Waals surface area contributed by atoms with Gasteiger partial charge in [-0.05, 0) is 48.4 Å². The molecule has 0 saturated carbocycles. The molecule has 7 heteroatoms. The second-order valence-corrected chi connectivity index (χ2v) is 10.1. The molecule has 2 amide bonds. The monoisotopic (exact) mass is 464 g/mol. The van der Waals surface area contributed by atoms with Gasteiger partial charge in [0.1, 0.15) is 6.61 Å². The number of alkyl carbamates (subject to hydrolysis) is 1. The molecule has 4 rings (SSSR count). The molecule has 34 heavy (non-hydrogen) atoms. The molecule has 1 aliphatic carbocycles. The van der Waals surface area contributed by atoms with Crippen LogP contribution in [-0.2, 0) is 14.3 Å². The smallest absolute Gasteiger partial charge is 0.407 e. The molecule has 2 unspecified atom stereocenters. The lowest BCUT2D eigenvalue weighted by molar-refractivity contribution is -0.148. The Kier molecular flexibility index (Phi) is 6.64. The van der Waals surface area contributed by atoms with E-state index in [1.165, 1.54) is 11.1 Å². The molecular formula is C27H32N2O5. The maximum absolute atomic E-state index is 12.8. The Morgan fingerprint density at radius 1 is 1.06 bits per heavy atom. The summed E-state index contributed by atoms with van der Waals surface area (Å²) < 4.78 is 5.62. The average molecular weight is 465 g/mol. The van der Waals surface area contributed by atoms with Crippen molar-refractivity contribution in [3.05, 3.63) is 59.7 Å². The number of amides is 2. The van der Waals surface area contributed by atoms with Crippen molar-refractivity contribution in [2.75, 3.05) is 19.7 Å². The second-order valence-electron chi connectivity index (χ2n) is 10.1. The zero-order valence-electron chi connectivity index (χ0n) is 19.9. The summed E-state index contributed by atoms with van der Waals surface area (Å²) in [5.41, 5.74) is 3.82. The standard InChI is InChI=1S/C27H32N2O5/c1-17-15-29(13-12-18(17)25(31)32)24(30)14-27(2,3)28-26(33)34-16-23-21-10-6-4-8-19(21)20-9-5-7-11-22(20)23/h4-11,17-18,23H,12-16H2,1-3H3,(H,28,33)(H,31,32). The molecule has 1 heterocycles. The van der Waals surface area contributed by atoms with Crippen molar-refractivity contribution in [2.24, 2.45) is 11.8 Å². The first-order valence-electron chi connectivity index (χ1n) is 11.8. The Morgan fingerprint density at radius 2 is 1.65 bits per heavy atom. The molecule has 2 aliphatic rings. The Balaban J connectivity index is 1.32. The summed E-state index contributed by atoms with van der Waals surface area (Å²) in [6.45, 7) is 6.49. The SMILES string of the molecule is CC1CN(C(=O)CC(C)(C)NC(=O)OCC2c3ccccc3-c3ccccc32)CCC1C(=O)O. The lowest BCUT2D eigenvalue weighted by Gasteiger charge is -2.36. The summed E-state index contributed by atoms with van der Waals surface area (Å²) in [5, 5.41) is 12.1. The number of rotatable bonds is 6. The van der Waals surface area contributed by atoms with Crippen molar-refractivity contribution in [1.82, 2.24) is 10.2 Å². The fourth-order valence-electron chi connectivity index (χ4n) is 5.18.